The maximum absolute atomic E-state index is 14.7. The lowest BCUT2D eigenvalue weighted by atomic mass is 9.98. The number of hydrogen-bond acceptors (Lipinski definition) is 8. The minimum absolute atomic E-state index is 0.00613. The highest BCUT2D eigenvalue weighted by Crippen LogP contribution is 2.47. The smallest absolute Gasteiger partial charge is 0.320 e. The SMILES string of the molecule is C#Cc1c(F)ccc2cccc(-c3ncc4c(N5CC6CCC(C5)N6)nc(OCC5(CN6CC[C@@H](F)C6)CC5)nc4n3)c12. The number of terminal acetylenes is 1. The van der Waals surface area contributed by atoms with Crippen LogP contribution in [0, 0.1) is 23.6 Å². The van der Waals surface area contributed by atoms with Crippen LogP contribution in [0.5, 0.6) is 6.01 Å². The van der Waals surface area contributed by atoms with Gasteiger partial charge in [-0.1, -0.05) is 30.2 Å². The Balaban J connectivity index is 1.18. The number of anilines is 1. The summed E-state index contributed by atoms with van der Waals surface area (Å²) in [5, 5.41) is 5.83. The summed E-state index contributed by atoms with van der Waals surface area (Å²) >= 11 is 0. The molecule has 2 aromatic heterocycles. The van der Waals surface area contributed by atoms with Crippen molar-refractivity contribution in [3.63, 3.8) is 0 Å². The molecule has 1 saturated carbocycles. The number of piperazine rings is 1. The normalized spacial score (nSPS) is 24.5. The van der Waals surface area contributed by atoms with Crippen LogP contribution in [-0.2, 0) is 0 Å². The van der Waals surface area contributed by atoms with Crippen LogP contribution >= 0.6 is 0 Å². The summed E-state index contributed by atoms with van der Waals surface area (Å²) < 4.78 is 34.9. The Labute approximate surface area is 248 Å². The third-order valence-electron chi connectivity index (χ3n) is 9.55. The number of rotatable bonds is 7. The molecule has 220 valence electrons. The standard InChI is InChI=1S/C33H33F2N7O/c1-2-24-27(35)9-6-20-4-3-5-25(28(20)24)29-36-14-26-30(38-29)39-32(40-31(26)42-16-22-7-8-23(17-42)37-22)43-19-33(11-12-33)18-41-13-10-21(34)15-41/h1,3-6,9,14,21-23,37H,7-8,10-13,15-19H2/t21-,22?,23?/m1/s1. The van der Waals surface area contributed by atoms with Crippen LogP contribution in [0.25, 0.3) is 33.2 Å². The van der Waals surface area contributed by atoms with Crippen LogP contribution in [0.2, 0.25) is 0 Å². The molecule has 2 unspecified atom stereocenters. The molecule has 1 N–H and O–H groups in total. The number of ether oxygens (including phenoxy) is 1. The highest BCUT2D eigenvalue weighted by atomic mass is 19.1. The van der Waals surface area contributed by atoms with E-state index in [0.717, 1.165) is 68.5 Å². The molecule has 4 aromatic rings. The fourth-order valence-corrected chi connectivity index (χ4v) is 7.11. The maximum Gasteiger partial charge on any atom is 0.320 e. The monoisotopic (exact) mass is 581 g/mol. The van der Waals surface area contributed by atoms with E-state index in [1.807, 2.05) is 18.2 Å². The minimum Gasteiger partial charge on any atom is -0.463 e. The van der Waals surface area contributed by atoms with Crippen molar-refractivity contribution < 1.29 is 13.5 Å². The van der Waals surface area contributed by atoms with Crippen molar-refractivity contribution >= 4 is 27.6 Å². The van der Waals surface area contributed by atoms with E-state index < -0.39 is 12.0 Å². The van der Waals surface area contributed by atoms with E-state index in [2.05, 4.69) is 21.0 Å². The zero-order chi connectivity index (χ0) is 29.1. The molecular formula is C33H33F2N7O. The van der Waals surface area contributed by atoms with E-state index >= 15 is 0 Å². The fourth-order valence-electron chi connectivity index (χ4n) is 7.11. The third-order valence-corrected chi connectivity index (χ3v) is 9.55. The van der Waals surface area contributed by atoms with Crippen molar-refractivity contribution in [3.05, 3.63) is 47.9 Å². The van der Waals surface area contributed by atoms with Crippen LogP contribution in [0.1, 0.15) is 37.7 Å². The fraction of sp³-hybridized carbons (Fsp3) is 0.455. The zero-order valence-electron chi connectivity index (χ0n) is 23.9. The van der Waals surface area contributed by atoms with E-state index in [4.69, 9.17) is 31.1 Å². The quantitative estimate of drug-likeness (QED) is 0.320. The van der Waals surface area contributed by atoms with Crippen molar-refractivity contribution in [3.8, 4) is 29.7 Å². The van der Waals surface area contributed by atoms with Gasteiger partial charge in [0.1, 0.15) is 17.8 Å². The van der Waals surface area contributed by atoms with Crippen molar-refractivity contribution in [2.45, 2.75) is 50.4 Å². The van der Waals surface area contributed by atoms with Gasteiger partial charge < -0.3 is 15.0 Å². The Bertz CT molecular complexity index is 1760. The van der Waals surface area contributed by atoms with E-state index in [1.165, 1.54) is 6.07 Å². The molecule has 3 aliphatic heterocycles. The summed E-state index contributed by atoms with van der Waals surface area (Å²) in [7, 11) is 0. The lowest BCUT2D eigenvalue weighted by Crippen LogP contribution is -2.51. The summed E-state index contributed by atoms with van der Waals surface area (Å²) in [4.78, 5) is 23.8. The summed E-state index contributed by atoms with van der Waals surface area (Å²) in [6, 6.07) is 9.85. The van der Waals surface area contributed by atoms with E-state index in [0.29, 0.717) is 54.1 Å². The van der Waals surface area contributed by atoms with Crippen molar-refractivity contribution in [2.75, 3.05) is 44.2 Å². The van der Waals surface area contributed by atoms with E-state index in [9.17, 15) is 8.78 Å². The summed E-state index contributed by atoms with van der Waals surface area (Å²) in [6.07, 6.45) is 11.7. The van der Waals surface area contributed by atoms with Crippen molar-refractivity contribution in [1.82, 2.24) is 30.2 Å². The average molecular weight is 582 g/mol. The number of aromatic nitrogens is 4. The second-order valence-electron chi connectivity index (χ2n) is 12.7. The number of fused-ring (bicyclic) bond motifs is 4. The molecule has 4 aliphatic rings. The Morgan fingerprint density at radius 3 is 2.63 bits per heavy atom. The number of halogens is 2. The first-order valence-corrected chi connectivity index (χ1v) is 15.2. The average Bonchev–Trinajstić information content (AvgIpc) is 3.54. The highest BCUT2D eigenvalue weighted by molar-refractivity contribution is 6.00. The number of likely N-dealkylation sites (tertiary alicyclic amines) is 1. The number of nitrogens with one attached hydrogen (secondary N) is 1. The van der Waals surface area contributed by atoms with Gasteiger partial charge in [0.25, 0.3) is 0 Å². The van der Waals surface area contributed by atoms with Gasteiger partial charge in [0.15, 0.2) is 11.5 Å². The van der Waals surface area contributed by atoms with Gasteiger partial charge in [0.2, 0.25) is 0 Å². The Morgan fingerprint density at radius 1 is 1.05 bits per heavy atom. The summed E-state index contributed by atoms with van der Waals surface area (Å²) in [5.74, 6) is 3.23. The van der Waals surface area contributed by atoms with E-state index in [-0.39, 0.29) is 17.0 Å². The second-order valence-corrected chi connectivity index (χ2v) is 12.7. The first-order chi connectivity index (χ1) is 21.0. The van der Waals surface area contributed by atoms with Gasteiger partial charge in [-0.2, -0.15) is 9.97 Å². The molecule has 0 spiro atoms. The molecule has 2 bridgehead atoms. The van der Waals surface area contributed by atoms with Gasteiger partial charge in [-0.15, -0.1) is 6.42 Å². The van der Waals surface area contributed by atoms with Crippen LogP contribution in [0.3, 0.4) is 0 Å². The molecule has 3 saturated heterocycles. The molecular weight excluding hydrogens is 548 g/mol. The lowest BCUT2D eigenvalue weighted by molar-refractivity contribution is 0.165. The maximum atomic E-state index is 14.7. The minimum atomic E-state index is -0.735. The molecule has 3 atom stereocenters. The van der Waals surface area contributed by atoms with Gasteiger partial charge in [-0.05, 0) is 43.6 Å². The molecule has 0 radical (unpaired) electrons. The molecule has 4 fully saturated rings. The largest absolute Gasteiger partial charge is 0.463 e. The number of hydrogen-bond donors (Lipinski definition) is 1. The summed E-state index contributed by atoms with van der Waals surface area (Å²) in [5.41, 5.74) is 1.30. The predicted octanol–water partition coefficient (Wildman–Crippen LogP) is 4.50. The van der Waals surface area contributed by atoms with Crippen LogP contribution < -0.4 is 15.0 Å². The molecule has 5 heterocycles. The lowest BCUT2D eigenvalue weighted by Gasteiger charge is -2.34. The van der Waals surface area contributed by atoms with Gasteiger partial charge in [0, 0.05) is 67.4 Å². The number of benzene rings is 2. The number of nitrogens with zero attached hydrogens (tertiary/aromatic N) is 6. The molecule has 8 nitrogen and oxygen atoms in total. The molecule has 43 heavy (non-hydrogen) atoms. The molecule has 10 heteroatoms. The highest BCUT2D eigenvalue weighted by Gasteiger charge is 2.46. The molecule has 0 amide bonds. The molecule has 1 aliphatic carbocycles. The van der Waals surface area contributed by atoms with Gasteiger partial charge in [-0.3, -0.25) is 4.90 Å². The Hall–Kier alpha value is -3.94. The third kappa shape index (κ3) is 4.94. The van der Waals surface area contributed by atoms with Crippen molar-refractivity contribution in [1.29, 1.82) is 0 Å². The molecule has 8 rings (SSSR count). The zero-order valence-corrected chi connectivity index (χ0v) is 23.9. The van der Waals surface area contributed by atoms with Crippen LogP contribution in [0.15, 0.2) is 36.5 Å². The van der Waals surface area contributed by atoms with Gasteiger partial charge >= 0.3 is 6.01 Å². The first-order valence-electron chi connectivity index (χ1n) is 15.2. The topological polar surface area (TPSA) is 79.3 Å². The summed E-state index contributed by atoms with van der Waals surface area (Å²) in [6.45, 7) is 4.27. The number of alkyl halides is 1. The first kappa shape index (κ1) is 26.7. The Kier molecular flexibility index (Phi) is 6.42. The Morgan fingerprint density at radius 2 is 1.88 bits per heavy atom. The van der Waals surface area contributed by atoms with Crippen molar-refractivity contribution in [2.24, 2.45) is 5.41 Å². The second kappa shape index (κ2) is 10.4. The van der Waals surface area contributed by atoms with Gasteiger partial charge in [-0.25, -0.2) is 18.7 Å². The van der Waals surface area contributed by atoms with Crippen LogP contribution in [-0.4, -0.2) is 82.4 Å². The van der Waals surface area contributed by atoms with E-state index in [1.54, 1.807) is 12.3 Å². The predicted molar refractivity (Wildman–Crippen MR) is 161 cm³/mol. The van der Waals surface area contributed by atoms with Crippen LogP contribution in [0.4, 0.5) is 14.6 Å². The van der Waals surface area contributed by atoms with Gasteiger partial charge in [0.05, 0.1) is 17.6 Å². The molecule has 2 aromatic carbocycles.